The van der Waals surface area contributed by atoms with Crippen molar-refractivity contribution in [2.45, 2.75) is 6.42 Å². The van der Waals surface area contributed by atoms with E-state index in [9.17, 15) is 19.1 Å². The number of amides is 1. The maximum Gasteiger partial charge on any atom is 0.258 e. The summed E-state index contributed by atoms with van der Waals surface area (Å²) in [6.45, 7) is 0.219. The van der Waals surface area contributed by atoms with E-state index in [0.717, 1.165) is 11.6 Å². The molecule has 0 saturated carbocycles. The van der Waals surface area contributed by atoms with Crippen LogP contribution in [-0.4, -0.2) is 22.5 Å². The minimum Gasteiger partial charge on any atom is -0.507 e. The fourth-order valence-electron chi connectivity index (χ4n) is 1.84. The Labute approximate surface area is 128 Å². The molecule has 110 valence electrons. The number of phenols is 1. The zero-order valence-electron chi connectivity index (χ0n) is 10.8. The number of hydrogen-bond donors (Lipinski definition) is 3. The molecule has 0 radical (unpaired) electrons. The van der Waals surface area contributed by atoms with E-state index in [1.54, 1.807) is 6.07 Å². The predicted molar refractivity (Wildman–Crippen MR) is 78.9 cm³/mol. The van der Waals surface area contributed by atoms with Crippen LogP contribution in [0.5, 0.6) is 5.75 Å². The Morgan fingerprint density at radius 1 is 1.38 bits per heavy atom. The van der Waals surface area contributed by atoms with Crippen LogP contribution >= 0.6 is 15.9 Å². The van der Waals surface area contributed by atoms with Gasteiger partial charge < -0.3 is 15.4 Å². The van der Waals surface area contributed by atoms with Crippen LogP contribution in [0.15, 0.2) is 39.7 Å². The first kappa shape index (κ1) is 15.2. The standard InChI is InChI=1S/C14H12BrFN2O3/c15-9-6-10(16)13(11(19)7-9)14(21)18-4-2-8-1-3-17-12(20)5-8/h1,3,5-7,19H,2,4H2,(H,17,20)(H,18,21). The van der Waals surface area contributed by atoms with Crippen LogP contribution in [0.2, 0.25) is 0 Å². The van der Waals surface area contributed by atoms with Crippen molar-refractivity contribution in [3.8, 4) is 5.75 Å². The first-order valence-electron chi connectivity index (χ1n) is 6.11. The van der Waals surface area contributed by atoms with E-state index >= 15 is 0 Å². The van der Waals surface area contributed by atoms with Crippen LogP contribution in [0.3, 0.4) is 0 Å². The summed E-state index contributed by atoms with van der Waals surface area (Å²) in [5, 5.41) is 12.1. The molecule has 0 aliphatic heterocycles. The molecule has 3 N–H and O–H groups in total. The van der Waals surface area contributed by atoms with Gasteiger partial charge in [-0.1, -0.05) is 15.9 Å². The summed E-state index contributed by atoms with van der Waals surface area (Å²) in [5.41, 5.74) is 0.124. The largest absolute Gasteiger partial charge is 0.507 e. The SMILES string of the molecule is O=C(NCCc1cc[nH]c(=O)c1)c1c(O)cc(Br)cc1F. The number of carbonyl (C=O) groups excluding carboxylic acids is 1. The number of phenolic OH excluding ortho intramolecular Hbond substituents is 1. The predicted octanol–water partition coefficient (Wildman–Crippen LogP) is 1.95. The number of aromatic amines is 1. The highest BCUT2D eigenvalue weighted by atomic mass is 79.9. The summed E-state index contributed by atoms with van der Waals surface area (Å²) in [5.74, 6) is -1.95. The van der Waals surface area contributed by atoms with Gasteiger partial charge in [-0.15, -0.1) is 0 Å². The summed E-state index contributed by atoms with van der Waals surface area (Å²) in [4.78, 5) is 25.4. The van der Waals surface area contributed by atoms with E-state index in [-0.39, 0.29) is 12.1 Å². The molecular formula is C14H12BrFN2O3. The van der Waals surface area contributed by atoms with E-state index in [1.165, 1.54) is 18.3 Å². The Hall–Kier alpha value is -2.15. The average Bonchev–Trinajstić information content (AvgIpc) is 2.37. The van der Waals surface area contributed by atoms with Gasteiger partial charge in [0.2, 0.25) is 5.56 Å². The molecule has 0 spiro atoms. The number of hydrogen-bond acceptors (Lipinski definition) is 3. The molecule has 2 rings (SSSR count). The molecule has 0 atom stereocenters. The van der Waals surface area contributed by atoms with Gasteiger partial charge in [0.1, 0.15) is 17.1 Å². The molecule has 0 saturated heterocycles. The van der Waals surface area contributed by atoms with Crippen molar-refractivity contribution in [3.63, 3.8) is 0 Å². The summed E-state index contributed by atoms with van der Waals surface area (Å²) in [7, 11) is 0. The van der Waals surface area contributed by atoms with Crippen LogP contribution in [0, 0.1) is 5.82 Å². The molecular weight excluding hydrogens is 343 g/mol. The van der Waals surface area contributed by atoms with Crippen molar-refractivity contribution in [1.29, 1.82) is 0 Å². The molecule has 1 aromatic carbocycles. The van der Waals surface area contributed by atoms with Gasteiger partial charge in [0.15, 0.2) is 0 Å². The minimum atomic E-state index is -0.810. The van der Waals surface area contributed by atoms with Crippen molar-refractivity contribution in [1.82, 2.24) is 10.3 Å². The highest BCUT2D eigenvalue weighted by Crippen LogP contribution is 2.25. The number of nitrogens with one attached hydrogen (secondary N) is 2. The fraction of sp³-hybridized carbons (Fsp3) is 0.143. The van der Waals surface area contributed by atoms with E-state index in [0.29, 0.717) is 10.9 Å². The molecule has 0 aliphatic rings. The molecule has 21 heavy (non-hydrogen) atoms. The second kappa shape index (κ2) is 6.53. The smallest absolute Gasteiger partial charge is 0.258 e. The lowest BCUT2D eigenvalue weighted by atomic mass is 10.1. The van der Waals surface area contributed by atoms with Crippen molar-refractivity contribution >= 4 is 21.8 Å². The van der Waals surface area contributed by atoms with Gasteiger partial charge >= 0.3 is 0 Å². The van der Waals surface area contributed by atoms with Crippen molar-refractivity contribution in [2.24, 2.45) is 0 Å². The molecule has 1 amide bonds. The zero-order valence-corrected chi connectivity index (χ0v) is 12.4. The Morgan fingerprint density at radius 3 is 2.81 bits per heavy atom. The van der Waals surface area contributed by atoms with E-state index in [2.05, 4.69) is 26.2 Å². The lowest BCUT2D eigenvalue weighted by Gasteiger charge is -2.08. The molecule has 0 fully saturated rings. The highest BCUT2D eigenvalue weighted by molar-refractivity contribution is 9.10. The second-order valence-electron chi connectivity index (χ2n) is 4.35. The Balaban J connectivity index is 2.01. The molecule has 5 nitrogen and oxygen atoms in total. The zero-order chi connectivity index (χ0) is 15.4. The molecule has 0 aliphatic carbocycles. The van der Waals surface area contributed by atoms with Crippen LogP contribution in [0.4, 0.5) is 4.39 Å². The number of halogens is 2. The summed E-state index contributed by atoms with van der Waals surface area (Å²) < 4.78 is 14.0. The second-order valence-corrected chi connectivity index (χ2v) is 5.26. The van der Waals surface area contributed by atoms with E-state index in [1.807, 2.05) is 0 Å². The summed E-state index contributed by atoms with van der Waals surface area (Å²) in [6.07, 6.45) is 1.94. The van der Waals surface area contributed by atoms with Crippen molar-refractivity contribution in [2.75, 3.05) is 6.54 Å². The van der Waals surface area contributed by atoms with Crippen LogP contribution in [0.1, 0.15) is 15.9 Å². The molecule has 2 aromatic rings. The van der Waals surface area contributed by atoms with Gasteiger partial charge in [0, 0.05) is 23.3 Å². The normalized spacial score (nSPS) is 10.4. The molecule has 1 aromatic heterocycles. The van der Waals surface area contributed by atoms with Crippen molar-refractivity contribution in [3.05, 3.63) is 62.2 Å². The molecule has 7 heteroatoms. The topological polar surface area (TPSA) is 82.2 Å². The quantitative estimate of drug-likeness (QED) is 0.784. The van der Waals surface area contributed by atoms with Gasteiger partial charge in [-0.3, -0.25) is 9.59 Å². The summed E-state index contributed by atoms with van der Waals surface area (Å²) in [6, 6.07) is 5.48. The monoisotopic (exact) mass is 354 g/mol. The van der Waals surface area contributed by atoms with Gasteiger partial charge in [-0.05, 0) is 30.2 Å². The first-order valence-corrected chi connectivity index (χ1v) is 6.90. The first-order chi connectivity index (χ1) is 9.97. The fourth-order valence-corrected chi connectivity index (χ4v) is 2.26. The van der Waals surface area contributed by atoms with Gasteiger partial charge in [0.05, 0.1) is 0 Å². The third-order valence-corrected chi connectivity index (χ3v) is 3.26. The van der Waals surface area contributed by atoms with Crippen LogP contribution in [-0.2, 0) is 6.42 Å². The van der Waals surface area contributed by atoms with Crippen molar-refractivity contribution < 1.29 is 14.3 Å². The number of pyridine rings is 1. The number of H-pyrrole nitrogens is 1. The third-order valence-electron chi connectivity index (χ3n) is 2.80. The van der Waals surface area contributed by atoms with E-state index in [4.69, 9.17) is 0 Å². The van der Waals surface area contributed by atoms with Gasteiger partial charge in [-0.25, -0.2) is 4.39 Å². The molecule has 1 heterocycles. The maximum atomic E-state index is 13.7. The Bertz CT molecular complexity index is 707. The van der Waals surface area contributed by atoms with Crippen LogP contribution < -0.4 is 10.9 Å². The maximum absolute atomic E-state index is 13.7. The van der Waals surface area contributed by atoms with E-state index < -0.39 is 23.0 Å². The highest BCUT2D eigenvalue weighted by Gasteiger charge is 2.17. The van der Waals surface area contributed by atoms with Crippen LogP contribution in [0.25, 0.3) is 0 Å². The lowest BCUT2D eigenvalue weighted by Crippen LogP contribution is -2.27. The molecule has 0 bridgehead atoms. The average molecular weight is 355 g/mol. The molecule has 0 unspecified atom stereocenters. The van der Waals surface area contributed by atoms with Gasteiger partial charge in [-0.2, -0.15) is 0 Å². The Kier molecular flexibility index (Phi) is 4.74. The number of aromatic nitrogens is 1. The third kappa shape index (κ3) is 3.91. The van der Waals surface area contributed by atoms with Gasteiger partial charge in [0.25, 0.3) is 5.91 Å². The minimum absolute atomic E-state index is 0.219. The number of rotatable bonds is 4. The Morgan fingerprint density at radius 2 is 2.14 bits per heavy atom. The lowest BCUT2D eigenvalue weighted by molar-refractivity contribution is 0.0947. The number of benzene rings is 1. The number of aromatic hydroxyl groups is 1. The number of carbonyl (C=O) groups is 1. The summed E-state index contributed by atoms with van der Waals surface area (Å²) >= 11 is 3.02.